The number of carbonyl (C=O) groups excluding carboxylic acids is 1. The first-order chi connectivity index (χ1) is 13.9. The van der Waals surface area contributed by atoms with Crippen molar-refractivity contribution in [1.82, 2.24) is 19.8 Å². The number of fused-ring (bicyclic) bond motifs is 1. The molecule has 0 unspecified atom stereocenters. The number of aromatic nitrogens is 2. The third kappa shape index (κ3) is 3.84. The topological polar surface area (TPSA) is 75.4 Å². The SMILES string of the molecule is CN(C)C(=O)c1sc2nc([C@@]3(C)CCCN(Cc4cccnc4)C3)ccc2c1N. The first kappa shape index (κ1) is 19.8. The largest absolute Gasteiger partial charge is 0.397 e. The highest BCUT2D eigenvalue weighted by Gasteiger charge is 2.34. The number of nitrogens with two attached hydrogens (primary N) is 1. The van der Waals surface area contributed by atoms with Crippen LogP contribution in [0.4, 0.5) is 5.69 Å². The maximum absolute atomic E-state index is 12.4. The first-order valence-electron chi connectivity index (χ1n) is 9.90. The summed E-state index contributed by atoms with van der Waals surface area (Å²) in [6.07, 6.45) is 5.98. The summed E-state index contributed by atoms with van der Waals surface area (Å²) in [6, 6.07) is 8.23. The van der Waals surface area contributed by atoms with Crippen molar-refractivity contribution in [2.75, 3.05) is 32.9 Å². The molecule has 152 valence electrons. The Labute approximate surface area is 175 Å². The summed E-state index contributed by atoms with van der Waals surface area (Å²) in [5.41, 5.74) is 9.07. The summed E-state index contributed by atoms with van der Waals surface area (Å²) >= 11 is 1.39. The minimum Gasteiger partial charge on any atom is -0.397 e. The molecule has 7 heteroatoms. The molecule has 1 amide bonds. The fourth-order valence-corrected chi connectivity index (χ4v) is 5.25. The molecule has 29 heavy (non-hydrogen) atoms. The zero-order valence-corrected chi connectivity index (χ0v) is 18.0. The average molecular weight is 410 g/mol. The smallest absolute Gasteiger partial charge is 0.265 e. The fourth-order valence-electron chi connectivity index (χ4n) is 4.13. The van der Waals surface area contributed by atoms with Crippen molar-refractivity contribution in [3.05, 3.63) is 52.8 Å². The van der Waals surface area contributed by atoms with Gasteiger partial charge in [0.2, 0.25) is 0 Å². The molecule has 6 nitrogen and oxygen atoms in total. The van der Waals surface area contributed by atoms with Crippen molar-refractivity contribution in [3.63, 3.8) is 0 Å². The van der Waals surface area contributed by atoms with Gasteiger partial charge in [-0.05, 0) is 43.1 Å². The first-order valence-corrected chi connectivity index (χ1v) is 10.7. The second-order valence-corrected chi connectivity index (χ2v) is 9.33. The molecule has 1 aliphatic rings. The van der Waals surface area contributed by atoms with Gasteiger partial charge in [0.05, 0.1) is 5.69 Å². The second-order valence-electron chi connectivity index (χ2n) is 8.33. The number of hydrogen-bond donors (Lipinski definition) is 1. The Morgan fingerprint density at radius 3 is 2.90 bits per heavy atom. The lowest BCUT2D eigenvalue weighted by atomic mass is 9.78. The van der Waals surface area contributed by atoms with Crippen molar-refractivity contribution in [3.8, 4) is 0 Å². The molecule has 2 N–H and O–H groups in total. The number of hydrogen-bond acceptors (Lipinski definition) is 6. The van der Waals surface area contributed by atoms with Crippen LogP contribution < -0.4 is 5.73 Å². The van der Waals surface area contributed by atoms with Crippen LogP contribution in [0.15, 0.2) is 36.7 Å². The normalized spacial score (nSPS) is 20.1. The van der Waals surface area contributed by atoms with Gasteiger partial charge in [-0.15, -0.1) is 11.3 Å². The van der Waals surface area contributed by atoms with E-state index >= 15 is 0 Å². The third-order valence-electron chi connectivity index (χ3n) is 5.72. The Hall–Kier alpha value is -2.51. The van der Waals surface area contributed by atoms with E-state index in [1.807, 2.05) is 24.5 Å². The number of thiophene rings is 1. The van der Waals surface area contributed by atoms with Crippen molar-refractivity contribution >= 4 is 33.1 Å². The van der Waals surface area contributed by atoms with Gasteiger partial charge in [0.15, 0.2) is 0 Å². The van der Waals surface area contributed by atoms with Crippen molar-refractivity contribution < 1.29 is 4.79 Å². The van der Waals surface area contributed by atoms with Gasteiger partial charge in [-0.25, -0.2) is 4.98 Å². The van der Waals surface area contributed by atoms with E-state index in [0.717, 1.165) is 48.4 Å². The Morgan fingerprint density at radius 1 is 1.34 bits per heavy atom. The number of nitrogen functional groups attached to an aromatic ring is 1. The lowest BCUT2D eigenvalue weighted by Crippen LogP contribution is -2.44. The number of amides is 1. The van der Waals surface area contributed by atoms with Gasteiger partial charge in [0.25, 0.3) is 5.91 Å². The quantitative estimate of drug-likeness (QED) is 0.713. The van der Waals surface area contributed by atoms with Crippen LogP contribution in [0.1, 0.15) is 40.7 Å². The molecule has 4 rings (SSSR count). The van der Waals surface area contributed by atoms with Gasteiger partial charge in [0, 0.05) is 56.1 Å². The standard InChI is InChI=1S/C22H27N5OS/c1-22(9-5-11-27(14-22)13-15-6-4-10-24-12-15)17-8-7-16-18(23)19(21(28)26(2)3)29-20(16)25-17/h4,6-8,10,12H,5,9,11,13-14,23H2,1-3H3/t22-/m0/s1. The lowest BCUT2D eigenvalue weighted by molar-refractivity contribution is 0.0833. The lowest BCUT2D eigenvalue weighted by Gasteiger charge is -2.40. The molecule has 1 atom stereocenters. The van der Waals surface area contributed by atoms with Crippen LogP contribution in [-0.2, 0) is 12.0 Å². The summed E-state index contributed by atoms with van der Waals surface area (Å²) in [5, 5.41) is 0.871. The summed E-state index contributed by atoms with van der Waals surface area (Å²) in [5.74, 6) is -0.0708. The molecular weight excluding hydrogens is 382 g/mol. The molecule has 3 aromatic rings. The summed E-state index contributed by atoms with van der Waals surface area (Å²) in [6.45, 7) is 5.23. The van der Waals surface area contributed by atoms with E-state index < -0.39 is 0 Å². The molecule has 1 saturated heterocycles. The molecule has 3 aromatic heterocycles. The van der Waals surface area contributed by atoms with E-state index in [1.54, 1.807) is 19.0 Å². The molecule has 0 aromatic carbocycles. The summed E-state index contributed by atoms with van der Waals surface area (Å²) in [4.78, 5) is 27.1. The molecule has 0 saturated carbocycles. The Balaban J connectivity index is 1.61. The minimum absolute atomic E-state index is 0.0286. The molecule has 0 bridgehead atoms. The van der Waals surface area contributed by atoms with Crippen LogP contribution >= 0.6 is 11.3 Å². The number of likely N-dealkylation sites (tertiary alicyclic amines) is 1. The minimum atomic E-state index is -0.0708. The molecule has 0 radical (unpaired) electrons. The van der Waals surface area contributed by atoms with Gasteiger partial charge < -0.3 is 10.6 Å². The highest BCUT2D eigenvalue weighted by Crippen LogP contribution is 2.38. The molecule has 4 heterocycles. The summed E-state index contributed by atoms with van der Waals surface area (Å²) in [7, 11) is 3.48. The van der Waals surface area contributed by atoms with Crippen LogP contribution in [0.2, 0.25) is 0 Å². The number of nitrogens with zero attached hydrogens (tertiary/aromatic N) is 4. The maximum Gasteiger partial charge on any atom is 0.265 e. The highest BCUT2D eigenvalue weighted by atomic mass is 32.1. The van der Waals surface area contributed by atoms with Crippen LogP contribution in [0.5, 0.6) is 0 Å². The number of piperidine rings is 1. The third-order valence-corrected chi connectivity index (χ3v) is 6.82. The van der Waals surface area contributed by atoms with Crippen LogP contribution in [-0.4, -0.2) is 52.9 Å². The predicted octanol–water partition coefficient (Wildman–Crippen LogP) is 3.53. The molecule has 1 fully saturated rings. The second kappa shape index (κ2) is 7.72. The molecular formula is C22H27N5OS. The van der Waals surface area contributed by atoms with E-state index in [0.29, 0.717) is 10.6 Å². The predicted molar refractivity (Wildman–Crippen MR) is 118 cm³/mol. The number of carbonyl (C=O) groups is 1. The Morgan fingerprint density at radius 2 is 2.17 bits per heavy atom. The number of rotatable bonds is 4. The van der Waals surface area contributed by atoms with Crippen LogP contribution in [0.3, 0.4) is 0 Å². The monoisotopic (exact) mass is 409 g/mol. The van der Waals surface area contributed by atoms with Gasteiger partial charge in [-0.3, -0.25) is 14.7 Å². The molecule has 1 aliphatic heterocycles. The molecule has 0 spiro atoms. The number of pyridine rings is 2. The van der Waals surface area contributed by atoms with E-state index in [9.17, 15) is 4.79 Å². The Bertz CT molecular complexity index is 1030. The maximum atomic E-state index is 12.4. The van der Waals surface area contributed by atoms with Crippen molar-refractivity contribution in [2.24, 2.45) is 0 Å². The van der Waals surface area contributed by atoms with Gasteiger partial charge in [-0.1, -0.05) is 13.0 Å². The van der Waals surface area contributed by atoms with Crippen LogP contribution in [0.25, 0.3) is 10.2 Å². The van der Waals surface area contributed by atoms with Gasteiger partial charge in [0.1, 0.15) is 9.71 Å². The van der Waals surface area contributed by atoms with Crippen molar-refractivity contribution in [1.29, 1.82) is 0 Å². The number of anilines is 1. The van der Waals surface area contributed by atoms with E-state index in [-0.39, 0.29) is 11.3 Å². The molecule has 0 aliphatic carbocycles. The zero-order chi connectivity index (χ0) is 20.6. The Kier molecular flexibility index (Phi) is 5.27. The van der Waals surface area contributed by atoms with E-state index in [1.165, 1.54) is 16.9 Å². The van der Waals surface area contributed by atoms with Gasteiger partial charge in [-0.2, -0.15) is 0 Å². The zero-order valence-electron chi connectivity index (χ0n) is 17.2. The van der Waals surface area contributed by atoms with Gasteiger partial charge >= 0.3 is 0 Å². The van der Waals surface area contributed by atoms with Crippen molar-refractivity contribution in [2.45, 2.75) is 31.7 Å². The fraction of sp³-hybridized carbons (Fsp3) is 0.409. The van der Waals surface area contributed by atoms with E-state index in [2.05, 4.69) is 28.9 Å². The van der Waals surface area contributed by atoms with E-state index in [4.69, 9.17) is 10.7 Å². The highest BCUT2D eigenvalue weighted by molar-refractivity contribution is 7.21. The van der Waals surface area contributed by atoms with Crippen LogP contribution in [0, 0.1) is 0 Å². The summed E-state index contributed by atoms with van der Waals surface area (Å²) < 4.78 is 0. The average Bonchev–Trinajstić information content (AvgIpc) is 3.04.